The second kappa shape index (κ2) is 8.58. The molecular formula is C13H27N7O. The molecule has 8 heteroatoms. The fourth-order valence-corrected chi connectivity index (χ4v) is 1.99. The van der Waals surface area contributed by atoms with Crippen LogP contribution in [0.1, 0.15) is 34.1 Å². The Bertz CT molecular complexity index is 423. The first kappa shape index (κ1) is 17.4. The van der Waals surface area contributed by atoms with Gasteiger partial charge in [0.25, 0.3) is 0 Å². The van der Waals surface area contributed by atoms with Crippen LogP contribution in [-0.2, 0) is 0 Å². The number of hydrogen-bond donors (Lipinski definition) is 4. The van der Waals surface area contributed by atoms with Crippen molar-refractivity contribution in [3.8, 4) is 0 Å². The number of nitrogens with zero attached hydrogens (tertiary/aromatic N) is 4. The Morgan fingerprint density at radius 3 is 2.29 bits per heavy atom. The quantitative estimate of drug-likeness (QED) is 0.391. The summed E-state index contributed by atoms with van der Waals surface area (Å²) in [5.74, 6) is 7.09. The van der Waals surface area contributed by atoms with E-state index in [1.165, 1.54) is 0 Å². The third-order valence-electron chi connectivity index (χ3n) is 3.04. The predicted octanol–water partition coefficient (Wildman–Crippen LogP) is 0.822. The maximum atomic E-state index is 9.89. The number of nitrogens with two attached hydrogens (primary N) is 1. The second-order valence-electron chi connectivity index (χ2n) is 5.26. The standard InChI is InChI=1S/C13H27N7O/c1-5-20(6-2)13-17-11(16-12(18-13)19-14)15-8-10(21)7-9(3)4/h9-10,21H,5-8,14H2,1-4H3,(H2,15,16,17,18,19). The summed E-state index contributed by atoms with van der Waals surface area (Å²) in [6.07, 6.45) is 0.288. The number of nitrogen functional groups attached to an aromatic ring is 1. The van der Waals surface area contributed by atoms with Gasteiger partial charge in [0.15, 0.2) is 0 Å². The minimum atomic E-state index is -0.437. The van der Waals surface area contributed by atoms with Crippen molar-refractivity contribution < 1.29 is 5.11 Å². The molecule has 0 amide bonds. The lowest BCUT2D eigenvalue weighted by molar-refractivity contribution is 0.161. The number of anilines is 3. The SMILES string of the molecule is CCN(CC)c1nc(NN)nc(NCC(O)CC(C)C)n1. The summed E-state index contributed by atoms with van der Waals surface area (Å²) in [6, 6.07) is 0. The smallest absolute Gasteiger partial charge is 0.243 e. The molecule has 120 valence electrons. The van der Waals surface area contributed by atoms with Crippen LogP contribution in [0.5, 0.6) is 0 Å². The Morgan fingerprint density at radius 1 is 1.14 bits per heavy atom. The van der Waals surface area contributed by atoms with Gasteiger partial charge in [-0.2, -0.15) is 15.0 Å². The van der Waals surface area contributed by atoms with E-state index in [1.807, 2.05) is 18.7 Å². The van der Waals surface area contributed by atoms with Gasteiger partial charge in [0.1, 0.15) is 0 Å². The Kier molecular flexibility index (Phi) is 7.10. The molecule has 1 aromatic heterocycles. The van der Waals surface area contributed by atoms with Gasteiger partial charge in [-0.15, -0.1) is 0 Å². The molecule has 1 aromatic rings. The highest BCUT2D eigenvalue weighted by Crippen LogP contribution is 2.13. The number of nitrogens with one attached hydrogen (secondary N) is 2. The molecule has 1 rings (SSSR count). The zero-order chi connectivity index (χ0) is 15.8. The van der Waals surface area contributed by atoms with Crippen LogP contribution in [0, 0.1) is 5.92 Å². The molecule has 0 aliphatic rings. The molecule has 0 radical (unpaired) electrons. The minimum absolute atomic E-state index is 0.299. The molecule has 1 heterocycles. The summed E-state index contributed by atoms with van der Waals surface area (Å²) < 4.78 is 0. The normalized spacial score (nSPS) is 12.3. The lowest BCUT2D eigenvalue weighted by Gasteiger charge is -2.20. The highest BCUT2D eigenvalue weighted by Gasteiger charge is 2.12. The zero-order valence-electron chi connectivity index (χ0n) is 13.3. The maximum Gasteiger partial charge on any atom is 0.243 e. The first-order valence-corrected chi connectivity index (χ1v) is 7.39. The molecule has 5 N–H and O–H groups in total. The summed E-state index contributed by atoms with van der Waals surface area (Å²) in [7, 11) is 0. The number of rotatable bonds is 9. The van der Waals surface area contributed by atoms with Gasteiger partial charge >= 0.3 is 0 Å². The van der Waals surface area contributed by atoms with E-state index >= 15 is 0 Å². The molecule has 0 aliphatic heterocycles. The molecule has 1 unspecified atom stereocenters. The van der Waals surface area contributed by atoms with Crippen molar-refractivity contribution >= 4 is 17.8 Å². The van der Waals surface area contributed by atoms with Crippen LogP contribution in [0.3, 0.4) is 0 Å². The lowest BCUT2D eigenvalue weighted by Crippen LogP contribution is -2.27. The molecule has 0 saturated heterocycles. The van der Waals surface area contributed by atoms with E-state index in [2.05, 4.69) is 39.5 Å². The number of hydrogen-bond acceptors (Lipinski definition) is 8. The van der Waals surface area contributed by atoms with E-state index in [0.717, 1.165) is 19.5 Å². The van der Waals surface area contributed by atoms with E-state index in [-0.39, 0.29) is 0 Å². The van der Waals surface area contributed by atoms with Gasteiger partial charge in [0.05, 0.1) is 6.10 Å². The largest absolute Gasteiger partial charge is 0.391 e. The van der Waals surface area contributed by atoms with Gasteiger partial charge in [-0.05, 0) is 26.2 Å². The van der Waals surface area contributed by atoms with Crippen LogP contribution >= 0.6 is 0 Å². The Hall–Kier alpha value is -1.67. The maximum absolute atomic E-state index is 9.89. The van der Waals surface area contributed by atoms with Crippen molar-refractivity contribution in [2.24, 2.45) is 11.8 Å². The van der Waals surface area contributed by atoms with E-state index in [0.29, 0.717) is 30.3 Å². The van der Waals surface area contributed by atoms with Crippen LogP contribution in [0.15, 0.2) is 0 Å². The van der Waals surface area contributed by atoms with Crippen molar-refractivity contribution in [3.63, 3.8) is 0 Å². The van der Waals surface area contributed by atoms with Gasteiger partial charge in [-0.3, -0.25) is 5.43 Å². The topological polar surface area (TPSA) is 112 Å². The summed E-state index contributed by atoms with van der Waals surface area (Å²) in [4.78, 5) is 14.7. The average molecular weight is 297 g/mol. The summed E-state index contributed by atoms with van der Waals surface area (Å²) in [5.41, 5.74) is 2.44. The summed E-state index contributed by atoms with van der Waals surface area (Å²) >= 11 is 0. The third kappa shape index (κ3) is 5.68. The first-order chi connectivity index (χ1) is 9.99. The first-order valence-electron chi connectivity index (χ1n) is 7.39. The molecule has 0 aromatic carbocycles. The van der Waals surface area contributed by atoms with Gasteiger partial charge in [-0.25, -0.2) is 5.84 Å². The van der Waals surface area contributed by atoms with E-state index in [1.54, 1.807) is 0 Å². The average Bonchev–Trinajstić information content (AvgIpc) is 2.45. The zero-order valence-corrected chi connectivity index (χ0v) is 13.3. The number of aliphatic hydroxyl groups excluding tert-OH is 1. The Balaban J connectivity index is 2.79. The number of hydrazine groups is 1. The number of aliphatic hydroxyl groups is 1. The van der Waals surface area contributed by atoms with Gasteiger partial charge < -0.3 is 15.3 Å². The molecule has 0 spiro atoms. The summed E-state index contributed by atoms with van der Waals surface area (Å²) in [6.45, 7) is 10.2. The fraction of sp³-hybridized carbons (Fsp3) is 0.769. The van der Waals surface area contributed by atoms with Crippen LogP contribution in [0.25, 0.3) is 0 Å². The summed E-state index contributed by atoms with van der Waals surface area (Å²) in [5, 5.41) is 12.9. The van der Waals surface area contributed by atoms with Gasteiger partial charge in [-0.1, -0.05) is 13.8 Å². The van der Waals surface area contributed by atoms with Crippen molar-refractivity contribution in [1.82, 2.24) is 15.0 Å². The minimum Gasteiger partial charge on any atom is -0.391 e. The number of aromatic nitrogens is 3. The second-order valence-corrected chi connectivity index (χ2v) is 5.26. The lowest BCUT2D eigenvalue weighted by atomic mass is 10.1. The molecule has 0 saturated carbocycles. The van der Waals surface area contributed by atoms with E-state index in [9.17, 15) is 5.11 Å². The molecule has 0 aliphatic carbocycles. The Labute approximate surface area is 126 Å². The van der Waals surface area contributed by atoms with Crippen LogP contribution in [-0.4, -0.2) is 45.8 Å². The fourth-order valence-electron chi connectivity index (χ4n) is 1.99. The third-order valence-corrected chi connectivity index (χ3v) is 3.04. The molecule has 21 heavy (non-hydrogen) atoms. The van der Waals surface area contributed by atoms with Crippen molar-refractivity contribution in [1.29, 1.82) is 0 Å². The van der Waals surface area contributed by atoms with Crippen molar-refractivity contribution in [2.75, 3.05) is 35.3 Å². The Morgan fingerprint density at radius 2 is 1.76 bits per heavy atom. The van der Waals surface area contributed by atoms with E-state index in [4.69, 9.17) is 5.84 Å². The predicted molar refractivity (Wildman–Crippen MR) is 85.1 cm³/mol. The highest BCUT2D eigenvalue weighted by atomic mass is 16.3. The molecular weight excluding hydrogens is 270 g/mol. The van der Waals surface area contributed by atoms with Gasteiger partial charge in [0.2, 0.25) is 17.8 Å². The van der Waals surface area contributed by atoms with Crippen molar-refractivity contribution in [3.05, 3.63) is 0 Å². The molecule has 0 bridgehead atoms. The van der Waals surface area contributed by atoms with Crippen molar-refractivity contribution in [2.45, 2.75) is 40.2 Å². The molecule has 8 nitrogen and oxygen atoms in total. The van der Waals surface area contributed by atoms with Gasteiger partial charge in [0, 0.05) is 19.6 Å². The van der Waals surface area contributed by atoms with Crippen LogP contribution in [0.4, 0.5) is 17.8 Å². The molecule has 0 fully saturated rings. The van der Waals surface area contributed by atoms with E-state index < -0.39 is 6.10 Å². The van der Waals surface area contributed by atoms with Crippen LogP contribution < -0.4 is 21.5 Å². The van der Waals surface area contributed by atoms with Crippen LogP contribution in [0.2, 0.25) is 0 Å². The molecule has 1 atom stereocenters. The monoisotopic (exact) mass is 297 g/mol. The highest BCUT2D eigenvalue weighted by molar-refractivity contribution is 5.43.